The van der Waals surface area contributed by atoms with E-state index in [-0.39, 0.29) is 31.2 Å². The molecule has 1 aromatic heterocycles. The van der Waals surface area contributed by atoms with Crippen LogP contribution in [0.2, 0.25) is 0 Å². The van der Waals surface area contributed by atoms with Crippen molar-refractivity contribution in [3.8, 4) is 0 Å². The van der Waals surface area contributed by atoms with Crippen molar-refractivity contribution in [2.45, 2.75) is 75.4 Å². The van der Waals surface area contributed by atoms with E-state index in [0.29, 0.717) is 30.6 Å². The van der Waals surface area contributed by atoms with Crippen LogP contribution in [0.3, 0.4) is 0 Å². The summed E-state index contributed by atoms with van der Waals surface area (Å²) in [4.78, 5) is 32.8. The topological polar surface area (TPSA) is 106 Å². The van der Waals surface area contributed by atoms with Crippen LogP contribution in [0.5, 0.6) is 0 Å². The normalized spacial score (nSPS) is 23.4. The molecule has 0 unspecified atom stereocenters. The Morgan fingerprint density at radius 2 is 2.03 bits per heavy atom. The van der Waals surface area contributed by atoms with Gasteiger partial charge in [-0.15, -0.1) is 0 Å². The molecule has 2 aliphatic heterocycles. The van der Waals surface area contributed by atoms with Crippen LogP contribution in [0, 0.1) is 0 Å². The number of benzene rings is 1. The van der Waals surface area contributed by atoms with Gasteiger partial charge in [0.25, 0.3) is 5.92 Å². The summed E-state index contributed by atoms with van der Waals surface area (Å²) >= 11 is 0. The average molecular weight is 474 g/mol. The molecule has 1 aliphatic carbocycles. The molecule has 34 heavy (non-hydrogen) atoms. The zero-order valence-electron chi connectivity index (χ0n) is 19.0. The summed E-state index contributed by atoms with van der Waals surface area (Å²) in [5.74, 6) is -2.10. The number of hydrogen-bond acceptors (Lipinski definition) is 6. The van der Waals surface area contributed by atoms with Gasteiger partial charge in [-0.3, -0.25) is 9.59 Å². The van der Waals surface area contributed by atoms with Crippen molar-refractivity contribution in [3.05, 3.63) is 47.1 Å². The van der Waals surface area contributed by atoms with Crippen molar-refractivity contribution in [1.82, 2.24) is 19.9 Å². The molecule has 3 heterocycles. The Bertz CT molecular complexity index is 1070. The smallest absolute Gasteiger partial charge is 0.265 e. The maximum Gasteiger partial charge on any atom is 0.265 e. The number of hydrogen-bond donors (Lipinski definition) is 1. The predicted molar refractivity (Wildman–Crippen MR) is 118 cm³/mol. The molecule has 1 saturated carbocycles. The van der Waals surface area contributed by atoms with Gasteiger partial charge < -0.3 is 20.1 Å². The summed E-state index contributed by atoms with van der Waals surface area (Å²) in [5, 5.41) is 4.16. The Hall–Kier alpha value is -2.88. The first-order valence-electron chi connectivity index (χ1n) is 11.9. The largest absolute Gasteiger partial charge is 0.337 e. The third-order valence-corrected chi connectivity index (χ3v) is 7.15. The molecular weight excluding hydrogens is 444 g/mol. The van der Waals surface area contributed by atoms with Crippen LogP contribution in [0.15, 0.2) is 28.8 Å². The van der Waals surface area contributed by atoms with Crippen molar-refractivity contribution >= 4 is 11.8 Å². The molecule has 0 bridgehead atoms. The van der Waals surface area contributed by atoms with E-state index in [2.05, 4.69) is 10.1 Å². The molecule has 8 nitrogen and oxygen atoms in total. The Kier molecular flexibility index (Phi) is 6.09. The van der Waals surface area contributed by atoms with E-state index in [1.165, 1.54) is 0 Å². The van der Waals surface area contributed by atoms with Crippen LogP contribution in [0.4, 0.5) is 8.78 Å². The number of halogens is 2. The molecule has 2 amide bonds. The summed E-state index contributed by atoms with van der Waals surface area (Å²) < 4.78 is 33.1. The Labute approximate surface area is 196 Å². The number of alkyl halides is 2. The second-order valence-corrected chi connectivity index (χ2v) is 9.72. The SMILES string of the molecule is N[C@@H](CC(=O)N1Cc2ccccc2C[C@H]1c1nc(C2CCC2)no1)CN1CC(F)(F)CCC1=O. The van der Waals surface area contributed by atoms with Gasteiger partial charge in [0.2, 0.25) is 17.7 Å². The minimum Gasteiger partial charge on any atom is -0.337 e. The minimum atomic E-state index is -2.92. The van der Waals surface area contributed by atoms with Crippen molar-refractivity contribution in [2.75, 3.05) is 13.1 Å². The van der Waals surface area contributed by atoms with Gasteiger partial charge in [0.1, 0.15) is 6.04 Å². The number of piperidine rings is 1. The van der Waals surface area contributed by atoms with Gasteiger partial charge in [-0.05, 0) is 24.0 Å². The molecule has 2 fully saturated rings. The molecular formula is C24H29F2N5O3. The molecule has 0 radical (unpaired) electrons. The zero-order valence-corrected chi connectivity index (χ0v) is 19.0. The monoisotopic (exact) mass is 473 g/mol. The summed E-state index contributed by atoms with van der Waals surface area (Å²) in [6.45, 7) is -0.366. The first-order chi connectivity index (χ1) is 16.3. The lowest BCUT2D eigenvalue weighted by atomic mass is 9.85. The van der Waals surface area contributed by atoms with Crippen molar-refractivity contribution in [2.24, 2.45) is 5.73 Å². The number of amides is 2. The van der Waals surface area contributed by atoms with Crippen LogP contribution < -0.4 is 5.73 Å². The van der Waals surface area contributed by atoms with E-state index >= 15 is 0 Å². The predicted octanol–water partition coefficient (Wildman–Crippen LogP) is 2.94. The number of aromatic nitrogens is 2. The first kappa shape index (κ1) is 22.9. The molecule has 1 aromatic carbocycles. The van der Waals surface area contributed by atoms with Crippen LogP contribution in [0.25, 0.3) is 0 Å². The van der Waals surface area contributed by atoms with Gasteiger partial charge in [-0.1, -0.05) is 35.8 Å². The quantitative estimate of drug-likeness (QED) is 0.692. The number of fused-ring (bicyclic) bond motifs is 1. The van der Waals surface area contributed by atoms with Gasteiger partial charge in [-0.2, -0.15) is 4.98 Å². The summed E-state index contributed by atoms with van der Waals surface area (Å²) in [6.07, 6.45) is 3.05. The highest BCUT2D eigenvalue weighted by Crippen LogP contribution is 2.37. The highest BCUT2D eigenvalue weighted by atomic mass is 19.3. The maximum absolute atomic E-state index is 13.8. The van der Waals surface area contributed by atoms with E-state index in [0.717, 1.165) is 35.3 Å². The number of nitrogens with zero attached hydrogens (tertiary/aromatic N) is 4. The van der Waals surface area contributed by atoms with Gasteiger partial charge in [0.05, 0.1) is 6.54 Å². The van der Waals surface area contributed by atoms with Gasteiger partial charge in [0, 0.05) is 50.7 Å². The summed E-state index contributed by atoms with van der Waals surface area (Å²) in [6, 6.07) is 6.72. The van der Waals surface area contributed by atoms with Crippen LogP contribution in [-0.2, 0) is 22.6 Å². The lowest BCUT2D eigenvalue weighted by Gasteiger charge is -2.37. The zero-order chi connectivity index (χ0) is 23.9. The molecule has 3 aliphatic rings. The van der Waals surface area contributed by atoms with E-state index in [4.69, 9.17) is 10.3 Å². The molecule has 182 valence electrons. The van der Waals surface area contributed by atoms with Gasteiger partial charge in [-0.25, -0.2) is 8.78 Å². The van der Waals surface area contributed by atoms with Crippen LogP contribution in [-0.4, -0.2) is 56.8 Å². The third-order valence-electron chi connectivity index (χ3n) is 7.15. The first-order valence-corrected chi connectivity index (χ1v) is 11.9. The molecule has 2 atom stereocenters. The Morgan fingerprint density at radius 1 is 1.26 bits per heavy atom. The van der Waals surface area contributed by atoms with E-state index in [1.807, 2.05) is 24.3 Å². The highest BCUT2D eigenvalue weighted by Gasteiger charge is 2.40. The second kappa shape index (κ2) is 9.05. The van der Waals surface area contributed by atoms with E-state index < -0.39 is 31.0 Å². The lowest BCUT2D eigenvalue weighted by molar-refractivity contribution is -0.148. The lowest BCUT2D eigenvalue weighted by Crippen LogP contribution is -2.51. The van der Waals surface area contributed by atoms with E-state index in [9.17, 15) is 18.4 Å². The minimum absolute atomic E-state index is 0.0718. The number of carbonyl (C=O) groups is 2. The number of carbonyl (C=O) groups excluding carboxylic acids is 2. The standard InChI is InChI=1S/C24H29F2N5O3/c25-24(26)9-8-20(32)30(14-24)13-18(27)11-21(33)31-12-17-5-2-1-4-16(17)10-19(31)23-28-22(29-34-23)15-6-3-7-15/h1-2,4-5,15,18-19H,3,6-14,27H2/t18-,19-/m0/s1. The molecule has 1 saturated heterocycles. The Morgan fingerprint density at radius 3 is 2.76 bits per heavy atom. The van der Waals surface area contributed by atoms with Gasteiger partial charge >= 0.3 is 0 Å². The van der Waals surface area contributed by atoms with Crippen LogP contribution >= 0.6 is 0 Å². The van der Waals surface area contributed by atoms with Gasteiger partial charge in [0.15, 0.2) is 5.82 Å². The molecule has 2 aromatic rings. The molecule has 10 heteroatoms. The van der Waals surface area contributed by atoms with Crippen molar-refractivity contribution in [1.29, 1.82) is 0 Å². The molecule has 5 rings (SSSR count). The second-order valence-electron chi connectivity index (χ2n) is 9.72. The molecule has 0 spiro atoms. The Balaban J connectivity index is 1.31. The highest BCUT2D eigenvalue weighted by molar-refractivity contribution is 5.79. The number of likely N-dealkylation sites (tertiary alicyclic amines) is 1. The fourth-order valence-electron chi connectivity index (χ4n) is 4.97. The average Bonchev–Trinajstić information content (AvgIpc) is 3.23. The summed E-state index contributed by atoms with van der Waals surface area (Å²) in [5.41, 5.74) is 8.32. The fourth-order valence-corrected chi connectivity index (χ4v) is 4.97. The van der Waals surface area contributed by atoms with Crippen LogP contribution in [0.1, 0.15) is 73.3 Å². The summed E-state index contributed by atoms with van der Waals surface area (Å²) in [7, 11) is 0. The fraction of sp³-hybridized carbons (Fsp3) is 0.583. The molecule has 2 N–H and O–H groups in total. The number of nitrogens with two attached hydrogens (primary N) is 1. The number of rotatable bonds is 6. The third kappa shape index (κ3) is 4.68. The van der Waals surface area contributed by atoms with Crippen molar-refractivity contribution < 1.29 is 22.9 Å². The maximum atomic E-state index is 13.8. The van der Waals surface area contributed by atoms with E-state index in [1.54, 1.807) is 4.90 Å². The van der Waals surface area contributed by atoms with Crippen molar-refractivity contribution in [3.63, 3.8) is 0 Å².